The highest BCUT2D eigenvalue weighted by Crippen LogP contribution is 2.11. The van der Waals surface area contributed by atoms with Crippen LogP contribution in [0.1, 0.15) is 33.5 Å². The Balaban J connectivity index is 2.42. The Morgan fingerprint density at radius 1 is 1.40 bits per heavy atom. The summed E-state index contributed by atoms with van der Waals surface area (Å²) in [5.74, 6) is 0.676. The van der Waals surface area contributed by atoms with Crippen LogP contribution in [0.2, 0.25) is 0 Å². The van der Waals surface area contributed by atoms with E-state index in [1.807, 2.05) is 27.7 Å². The van der Waals surface area contributed by atoms with Crippen molar-refractivity contribution in [3.8, 4) is 0 Å². The second-order valence-electron chi connectivity index (χ2n) is 4.34. The van der Waals surface area contributed by atoms with E-state index in [2.05, 4.69) is 15.5 Å². The molecule has 86 valence electrons. The highest BCUT2D eigenvalue weighted by atomic mass is 16.5. The fourth-order valence-electron chi connectivity index (χ4n) is 1.03. The van der Waals surface area contributed by atoms with Crippen LogP contribution in [-0.4, -0.2) is 28.9 Å². The molecule has 1 aromatic heterocycles. The third-order valence-corrected chi connectivity index (χ3v) is 1.62. The molecule has 0 fully saturated rings. The van der Waals surface area contributed by atoms with E-state index in [9.17, 15) is 0 Å². The van der Waals surface area contributed by atoms with Crippen LogP contribution in [-0.2, 0) is 11.2 Å². The smallest absolute Gasteiger partial charge is 0.321 e. The normalized spacial score (nSPS) is 11.7. The van der Waals surface area contributed by atoms with Gasteiger partial charge < -0.3 is 14.6 Å². The number of anilines is 1. The Morgan fingerprint density at radius 3 is 2.73 bits per heavy atom. The minimum atomic E-state index is -0.0658. The molecule has 5 heteroatoms. The number of nitrogens with zero attached hydrogens (tertiary/aromatic N) is 2. The van der Waals surface area contributed by atoms with Crippen molar-refractivity contribution in [2.45, 2.75) is 39.7 Å². The number of ether oxygens (including phenoxy) is 1. The Hall–Kier alpha value is -1.10. The summed E-state index contributed by atoms with van der Waals surface area (Å²) in [5, 5.41) is 6.95. The Bertz CT molecular complexity index is 291. The van der Waals surface area contributed by atoms with Gasteiger partial charge in [-0.05, 0) is 27.7 Å². The van der Waals surface area contributed by atoms with E-state index in [0.717, 1.165) is 0 Å². The lowest BCUT2D eigenvalue weighted by Crippen LogP contribution is -2.26. The van der Waals surface area contributed by atoms with Crippen LogP contribution in [0.15, 0.2) is 4.52 Å². The summed E-state index contributed by atoms with van der Waals surface area (Å²) in [6.07, 6.45) is 0.684. The number of nitrogens with one attached hydrogen (secondary N) is 1. The van der Waals surface area contributed by atoms with Gasteiger partial charge in [-0.15, -0.1) is 0 Å². The molecule has 0 unspecified atom stereocenters. The van der Waals surface area contributed by atoms with Crippen molar-refractivity contribution in [1.82, 2.24) is 10.1 Å². The second kappa shape index (κ2) is 5.11. The summed E-state index contributed by atoms with van der Waals surface area (Å²) < 4.78 is 10.2. The van der Waals surface area contributed by atoms with Gasteiger partial charge in [-0.1, -0.05) is 5.16 Å². The molecule has 1 N–H and O–H groups in total. The average Bonchev–Trinajstić information content (AvgIpc) is 2.50. The molecule has 1 heterocycles. The van der Waals surface area contributed by atoms with Crippen molar-refractivity contribution in [2.24, 2.45) is 0 Å². The van der Waals surface area contributed by atoms with Crippen molar-refractivity contribution in [3.05, 3.63) is 5.82 Å². The number of aromatic nitrogens is 2. The van der Waals surface area contributed by atoms with Crippen molar-refractivity contribution < 1.29 is 9.26 Å². The zero-order chi connectivity index (χ0) is 11.3. The van der Waals surface area contributed by atoms with Crippen LogP contribution in [0.25, 0.3) is 0 Å². The van der Waals surface area contributed by atoms with Gasteiger partial charge in [0.15, 0.2) is 5.82 Å². The third kappa shape index (κ3) is 4.78. The van der Waals surface area contributed by atoms with Gasteiger partial charge in [0.2, 0.25) is 0 Å². The van der Waals surface area contributed by atoms with Crippen molar-refractivity contribution >= 4 is 6.01 Å². The zero-order valence-corrected chi connectivity index (χ0v) is 9.83. The molecular formula is C10H19N3O2. The second-order valence-corrected chi connectivity index (χ2v) is 4.34. The maximum atomic E-state index is 5.21. The molecule has 5 nitrogen and oxygen atoms in total. The molecule has 0 amide bonds. The lowest BCUT2D eigenvalue weighted by molar-refractivity contribution is 0.149. The van der Waals surface area contributed by atoms with Crippen LogP contribution < -0.4 is 5.32 Å². The van der Waals surface area contributed by atoms with Gasteiger partial charge in [0.1, 0.15) is 0 Å². The number of hydrogen-bond acceptors (Lipinski definition) is 5. The lowest BCUT2D eigenvalue weighted by Gasteiger charge is -2.17. The Kier molecular flexibility index (Phi) is 4.08. The summed E-state index contributed by atoms with van der Waals surface area (Å²) in [6.45, 7) is 9.42. The van der Waals surface area contributed by atoms with Gasteiger partial charge in [0, 0.05) is 18.6 Å². The molecule has 0 bridgehead atoms. The van der Waals surface area contributed by atoms with Crippen LogP contribution in [0.3, 0.4) is 0 Å². The third-order valence-electron chi connectivity index (χ3n) is 1.62. The predicted octanol–water partition coefficient (Wildman–Crippen LogP) is 1.86. The molecule has 1 aromatic rings. The first kappa shape index (κ1) is 12.0. The molecule has 0 radical (unpaired) electrons. The first-order chi connectivity index (χ1) is 7.01. The minimum Gasteiger partial charge on any atom is -0.381 e. The number of rotatable bonds is 5. The van der Waals surface area contributed by atoms with E-state index in [-0.39, 0.29) is 5.54 Å². The minimum absolute atomic E-state index is 0.0658. The molecule has 0 aliphatic heterocycles. The molecule has 0 saturated heterocycles. The fourth-order valence-corrected chi connectivity index (χ4v) is 1.03. The summed E-state index contributed by atoms with van der Waals surface area (Å²) in [7, 11) is 0. The molecule has 0 spiro atoms. The highest BCUT2D eigenvalue weighted by molar-refractivity contribution is 5.22. The maximum absolute atomic E-state index is 5.21. The van der Waals surface area contributed by atoms with Crippen LogP contribution in [0.5, 0.6) is 0 Å². The van der Waals surface area contributed by atoms with E-state index in [1.54, 1.807) is 0 Å². The fraction of sp³-hybridized carbons (Fsp3) is 0.800. The maximum Gasteiger partial charge on any atom is 0.321 e. The Labute approximate surface area is 90.2 Å². The summed E-state index contributed by atoms with van der Waals surface area (Å²) in [6, 6.07) is 0.467. The van der Waals surface area contributed by atoms with E-state index in [0.29, 0.717) is 31.5 Å². The van der Waals surface area contributed by atoms with E-state index >= 15 is 0 Å². The molecule has 1 rings (SSSR count). The van der Waals surface area contributed by atoms with Gasteiger partial charge in [-0.2, -0.15) is 4.98 Å². The predicted molar refractivity (Wildman–Crippen MR) is 57.9 cm³/mol. The van der Waals surface area contributed by atoms with Gasteiger partial charge in [-0.3, -0.25) is 0 Å². The topological polar surface area (TPSA) is 60.2 Å². The SMILES string of the molecule is CCOCCc1noc(NC(C)(C)C)n1. The molecule has 0 aromatic carbocycles. The Morgan fingerprint density at radius 2 is 2.13 bits per heavy atom. The molecular weight excluding hydrogens is 194 g/mol. The van der Waals surface area contributed by atoms with Gasteiger partial charge >= 0.3 is 6.01 Å². The molecule has 0 aliphatic carbocycles. The van der Waals surface area contributed by atoms with Gasteiger partial charge in [0.25, 0.3) is 0 Å². The van der Waals surface area contributed by atoms with Crippen molar-refractivity contribution in [2.75, 3.05) is 18.5 Å². The molecule has 0 saturated carbocycles. The first-order valence-electron chi connectivity index (χ1n) is 5.20. The monoisotopic (exact) mass is 213 g/mol. The average molecular weight is 213 g/mol. The zero-order valence-electron chi connectivity index (χ0n) is 9.83. The van der Waals surface area contributed by atoms with E-state index < -0.39 is 0 Å². The quantitative estimate of drug-likeness (QED) is 0.756. The molecule has 0 aliphatic rings. The van der Waals surface area contributed by atoms with E-state index in [1.165, 1.54) is 0 Å². The largest absolute Gasteiger partial charge is 0.381 e. The first-order valence-corrected chi connectivity index (χ1v) is 5.20. The highest BCUT2D eigenvalue weighted by Gasteiger charge is 2.14. The van der Waals surface area contributed by atoms with Crippen LogP contribution in [0, 0.1) is 0 Å². The van der Waals surface area contributed by atoms with E-state index in [4.69, 9.17) is 9.26 Å². The summed E-state index contributed by atoms with van der Waals surface area (Å²) in [5.41, 5.74) is -0.0658. The standard InChI is InChI=1S/C10H19N3O2/c1-5-14-7-6-8-11-9(15-13-8)12-10(2,3)4/h5-7H2,1-4H3,(H,11,12,13). The molecule has 0 atom stereocenters. The molecule has 15 heavy (non-hydrogen) atoms. The lowest BCUT2D eigenvalue weighted by atomic mass is 10.1. The van der Waals surface area contributed by atoms with Gasteiger partial charge in [-0.25, -0.2) is 0 Å². The van der Waals surface area contributed by atoms with Crippen LogP contribution in [0.4, 0.5) is 6.01 Å². The van der Waals surface area contributed by atoms with Crippen LogP contribution >= 0.6 is 0 Å². The summed E-state index contributed by atoms with van der Waals surface area (Å²) in [4.78, 5) is 4.20. The van der Waals surface area contributed by atoms with Crippen molar-refractivity contribution in [3.63, 3.8) is 0 Å². The summed E-state index contributed by atoms with van der Waals surface area (Å²) >= 11 is 0. The number of hydrogen-bond donors (Lipinski definition) is 1. The van der Waals surface area contributed by atoms with Crippen molar-refractivity contribution in [1.29, 1.82) is 0 Å². The van der Waals surface area contributed by atoms with Gasteiger partial charge in [0.05, 0.1) is 6.61 Å².